The van der Waals surface area contributed by atoms with Gasteiger partial charge in [-0.15, -0.1) is 0 Å². The second-order valence-electron chi connectivity index (χ2n) is 6.44. The van der Waals surface area contributed by atoms with E-state index < -0.39 is 0 Å². The molecule has 0 aliphatic carbocycles. The van der Waals surface area contributed by atoms with Gasteiger partial charge in [0.15, 0.2) is 0 Å². The fraction of sp³-hybridized carbons (Fsp3) is 0.154. The highest BCUT2D eigenvalue weighted by molar-refractivity contribution is 6.02. The number of nitrogens with zero attached hydrogens (tertiary/aromatic N) is 1. The van der Waals surface area contributed by atoms with Gasteiger partial charge >= 0.3 is 0 Å². The largest absolute Gasteiger partial charge is 0.372 e. The molecule has 1 nitrogen and oxygen atoms in total. The minimum atomic E-state index is 1.01. The van der Waals surface area contributed by atoms with E-state index in [9.17, 15) is 0 Å². The van der Waals surface area contributed by atoms with Crippen LogP contribution >= 0.6 is 0 Å². The van der Waals surface area contributed by atoms with E-state index in [0.29, 0.717) is 0 Å². The van der Waals surface area contributed by atoms with Crippen LogP contribution in [0.15, 0.2) is 97.6 Å². The van der Waals surface area contributed by atoms with Gasteiger partial charge in [-0.25, -0.2) is 0 Å². The minimum Gasteiger partial charge on any atom is -0.372 e. The van der Waals surface area contributed by atoms with Crippen molar-refractivity contribution < 1.29 is 0 Å². The Morgan fingerprint density at radius 3 is 1.59 bits per heavy atom. The van der Waals surface area contributed by atoms with Gasteiger partial charge in [0, 0.05) is 18.8 Å². The summed E-state index contributed by atoms with van der Waals surface area (Å²) < 4.78 is 0. The van der Waals surface area contributed by atoms with Gasteiger partial charge in [0.05, 0.1) is 0 Å². The summed E-state index contributed by atoms with van der Waals surface area (Å²) in [5.41, 5.74) is 7.20. The van der Waals surface area contributed by atoms with Crippen LogP contribution in [0.2, 0.25) is 0 Å². The fourth-order valence-corrected chi connectivity index (χ4v) is 3.49. The van der Waals surface area contributed by atoms with Gasteiger partial charge in [0.2, 0.25) is 0 Å². The first kappa shape index (κ1) is 18.7. The molecule has 3 aromatic rings. The molecule has 0 N–H and O–H groups in total. The van der Waals surface area contributed by atoms with Gasteiger partial charge in [0.1, 0.15) is 0 Å². The Morgan fingerprint density at radius 2 is 1.19 bits per heavy atom. The third kappa shape index (κ3) is 4.20. The summed E-state index contributed by atoms with van der Waals surface area (Å²) in [6, 6.07) is 29.9. The highest BCUT2D eigenvalue weighted by Gasteiger charge is 2.12. The van der Waals surface area contributed by atoms with Crippen LogP contribution in [0.5, 0.6) is 0 Å². The van der Waals surface area contributed by atoms with E-state index in [1.165, 1.54) is 28.0 Å². The average Bonchev–Trinajstić information content (AvgIpc) is 2.75. The van der Waals surface area contributed by atoms with Crippen molar-refractivity contribution in [3.05, 3.63) is 114 Å². The molecule has 27 heavy (non-hydrogen) atoms. The van der Waals surface area contributed by atoms with Crippen molar-refractivity contribution in [1.82, 2.24) is 0 Å². The van der Waals surface area contributed by atoms with E-state index in [1.54, 1.807) is 0 Å². The van der Waals surface area contributed by atoms with Crippen molar-refractivity contribution in [2.75, 3.05) is 18.0 Å². The standard InChI is InChI=1S/C26H27N/c1-4-25(21-17-19-24(20-18-21)27(5-2)6-3)26(22-13-9-7-10-14-22)23-15-11-8-12-16-23/h4,7-20H,1,5-6H2,2-3H3. The molecule has 3 rings (SSSR count). The summed E-state index contributed by atoms with van der Waals surface area (Å²) in [6.07, 6.45) is 1.97. The molecule has 136 valence electrons. The average molecular weight is 354 g/mol. The second kappa shape index (κ2) is 9.05. The van der Waals surface area contributed by atoms with Gasteiger partial charge in [0.25, 0.3) is 0 Å². The van der Waals surface area contributed by atoms with Crippen LogP contribution in [0.4, 0.5) is 5.69 Å². The van der Waals surface area contributed by atoms with Crippen LogP contribution in [0, 0.1) is 0 Å². The van der Waals surface area contributed by atoms with Crippen molar-refractivity contribution in [2.24, 2.45) is 0 Å². The van der Waals surface area contributed by atoms with Gasteiger partial charge in [-0.1, -0.05) is 85.5 Å². The van der Waals surface area contributed by atoms with Crippen molar-refractivity contribution in [1.29, 1.82) is 0 Å². The molecule has 0 aromatic heterocycles. The molecule has 0 atom stereocenters. The number of benzene rings is 3. The van der Waals surface area contributed by atoms with Crippen LogP contribution in [-0.2, 0) is 0 Å². The highest BCUT2D eigenvalue weighted by atomic mass is 15.1. The Bertz CT molecular complexity index is 844. The monoisotopic (exact) mass is 353 g/mol. The summed E-state index contributed by atoms with van der Waals surface area (Å²) in [5, 5.41) is 0. The smallest absolute Gasteiger partial charge is 0.0366 e. The summed E-state index contributed by atoms with van der Waals surface area (Å²) in [7, 11) is 0. The van der Waals surface area contributed by atoms with Gasteiger partial charge in [-0.2, -0.15) is 0 Å². The van der Waals surface area contributed by atoms with Crippen LogP contribution < -0.4 is 4.90 Å². The lowest BCUT2D eigenvalue weighted by atomic mass is 9.89. The number of rotatable bonds is 7. The lowest BCUT2D eigenvalue weighted by molar-refractivity contribution is 0.866. The molecular weight excluding hydrogens is 326 g/mol. The number of allylic oxidation sites excluding steroid dienone is 2. The zero-order chi connectivity index (χ0) is 19.1. The maximum absolute atomic E-state index is 4.13. The third-order valence-corrected chi connectivity index (χ3v) is 4.91. The summed E-state index contributed by atoms with van der Waals surface area (Å²) >= 11 is 0. The first-order valence-corrected chi connectivity index (χ1v) is 9.61. The van der Waals surface area contributed by atoms with Gasteiger partial charge < -0.3 is 4.90 Å². The quantitative estimate of drug-likeness (QED) is 0.338. The Hall–Kier alpha value is -3.06. The molecular formula is C26H27N. The second-order valence-corrected chi connectivity index (χ2v) is 6.44. The molecule has 0 aliphatic heterocycles. The van der Waals surface area contributed by atoms with E-state index in [-0.39, 0.29) is 0 Å². The minimum absolute atomic E-state index is 1.01. The van der Waals surface area contributed by atoms with E-state index in [0.717, 1.165) is 18.7 Å². The van der Waals surface area contributed by atoms with Gasteiger partial charge in [-0.3, -0.25) is 0 Å². The van der Waals surface area contributed by atoms with Crippen molar-refractivity contribution in [2.45, 2.75) is 13.8 Å². The first-order chi connectivity index (χ1) is 13.3. The molecule has 0 aliphatic rings. The Morgan fingerprint density at radius 1 is 0.704 bits per heavy atom. The normalized spacial score (nSPS) is 10.3. The zero-order valence-corrected chi connectivity index (χ0v) is 16.2. The molecule has 0 heterocycles. The molecule has 3 aromatic carbocycles. The molecule has 0 unspecified atom stereocenters. The van der Waals surface area contributed by atoms with E-state index in [2.05, 4.69) is 110 Å². The molecule has 1 heteroatoms. The van der Waals surface area contributed by atoms with Crippen LogP contribution in [0.25, 0.3) is 11.1 Å². The molecule has 0 saturated carbocycles. The topological polar surface area (TPSA) is 3.24 Å². The van der Waals surface area contributed by atoms with Crippen molar-refractivity contribution in [3.8, 4) is 0 Å². The lowest BCUT2D eigenvalue weighted by Gasteiger charge is -2.21. The maximum Gasteiger partial charge on any atom is 0.0366 e. The third-order valence-electron chi connectivity index (χ3n) is 4.91. The van der Waals surface area contributed by atoms with Gasteiger partial charge in [-0.05, 0) is 53.8 Å². The van der Waals surface area contributed by atoms with E-state index >= 15 is 0 Å². The van der Waals surface area contributed by atoms with Crippen LogP contribution in [0.1, 0.15) is 30.5 Å². The summed E-state index contributed by atoms with van der Waals surface area (Å²) in [6.45, 7) is 10.5. The predicted octanol–water partition coefficient (Wildman–Crippen LogP) is 6.68. The first-order valence-electron chi connectivity index (χ1n) is 9.61. The van der Waals surface area contributed by atoms with E-state index in [1.807, 2.05) is 6.08 Å². The van der Waals surface area contributed by atoms with Crippen molar-refractivity contribution in [3.63, 3.8) is 0 Å². The Kier molecular flexibility index (Phi) is 6.27. The molecule has 0 saturated heterocycles. The number of hydrogen-bond acceptors (Lipinski definition) is 1. The summed E-state index contributed by atoms with van der Waals surface area (Å²) in [4.78, 5) is 2.36. The molecule has 0 bridgehead atoms. The predicted molar refractivity (Wildman–Crippen MR) is 119 cm³/mol. The molecule has 0 amide bonds. The summed E-state index contributed by atoms with van der Waals surface area (Å²) in [5.74, 6) is 0. The van der Waals surface area contributed by atoms with E-state index in [4.69, 9.17) is 0 Å². The number of anilines is 1. The number of hydrogen-bond donors (Lipinski definition) is 0. The molecule has 0 radical (unpaired) electrons. The SMILES string of the molecule is C=CC(=C(c1ccccc1)c1ccccc1)c1ccc(N(CC)CC)cc1. The van der Waals surface area contributed by atoms with Crippen molar-refractivity contribution >= 4 is 16.8 Å². The zero-order valence-electron chi connectivity index (χ0n) is 16.2. The molecule has 0 fully saturated rings. The maximum atomic E-state index is 4.13. The lowest BCUT2D eigenvalue weighted by Crippen LogP contribution is -2.21. The Balaban J connectivity index is 2.15. The highest BCUT2D eigenvalue weighted by Crippen LogP contribution is 2.33. The van der Waals surface area contributed by atoms with Crippen LogP contribution in [0.3, 0.4) is 0 Å². The Labute approximate surface area is 163 Å². The molecule has 0 spiro atoms. The van der Waals surface area contributed by atoms with Crippen LogP contribution in [-0.4, -0.2) is 13.1 Å². The fourth-order valence-electron chi connectivity index (χ4n) is 3.49.